The van der Waals surface area contributed by atoms with Crippen molar-refractivity contribution in [2.75, 3.05) is 44.8 Å². The van der Waals surface area contributed by atoms with Gasteiger partial charge in [-0.1, -0.05) is 12.0 Å². The summed E-state index contributed by atoms with van der Waals surface area (Å²) in [7, 11) is 0. The van der Waals surface area contributed by atoms with Gasteiger partial charge in [-0.25, -0.2) is 4.99 Å². The predicted molar refractivity (Wildman–Crippen MR) is 122 cm³/mol. The Bertz CT molecular complexity index is 670. The van der Waals surface area contributed by atoms with Gasteiger partial charge in [0, 0.05) is 37.6 Å². The summed E-state index contributed by atoms with van der Waals surface area (Å²) in [5.74, 6) is 2.95. The molecule has 28 heavy (non-hydrogen) atoms. The Morgan fingerprint density at radius 1 is 1.43 bits per heavy atom. The first-order valence-electron chi connectivity index (χ1n) is 9.29. The van der Waals surface area contributed by atoms with Crippen LogP contribution in [0.4, 0.5) is 5.69 Å². The summed E-state index contributed by atoms with van der Waals surface area (Å²) in [5, 5.41) is 9.12. The number of anilines is 1. The average Bonchev–Trinajstić information content (AvgIpc) is 3.19. The van der Waals surface area contributed by atoms with E-state index in [9.17, 15) is 4.79 Å². The minimum absolute atomic E-state index is 0. The van der Waals surface area contributed by atoms with Crippen LogP contribution in [0.15, 0.2) is 29.3 Å². The molecule has 1 amide bonds. The van der Waals surface area contributed by atoms with E-state index in [4.69, 9.17) is 15.9 Å². The van der Waals surface area contributed by atoms with E-state index >= 15 is 0 Å². The molecule has 1 aliphatic heterocycles. The third kappa shape index (κ3) is 9.39. The SMILES string of the molecule is C#Cc1cccc(NC(=O)CN=C(NCC)NCCCOC2CCOC2)c1.I. The number of nitrogens with zero attached hydrogens (tertiary/aromatic N) is 1. The van der Waals surface area contributed by atoms with Crippen molar-refractivity contribution in [2.24, 2.45) is 4.99 Å². The number of guanidine groups is 1. The smallest absolute Gasteiger partial charge is 0.246 e. The Hall–Kier alpha value is -1.83. The van der Waals surface area contributed by atoms with Gasteiger partial charge in [0.25, 0.3) is 0 Å². The van der Waals surface area contributed by atoms with E-state index in [1.54, 1.807) is 18.2 Å². The van der Waals surface area contributed by atoms with Gasteiger partial charge in [-0.15, -0.1) is 30.4 Å². The predicted octanol–water partition coefficient (Wildman–Crippen LogP) is 1.98. The van der Waals surface area contributed by atoms with Gasteiger partial charge in [-0.05, 0) is 38.0 Å². The van der Waals surface area contributed by atoms with Crippen molar-refractivity contribution in [2.45, 2.75) is 25.9 Å². The number of aliphatic imine (C=N–C) groups is 1. The van der Waals surface area contributed by atoms with Crippen LogP contribution >= 0.6 is 24.0 Å². The second-order valence-corrected chi connectivity index (χ2v) is 6.11. The number of rotatable bonds is 9. The summed E-state index contributed by atoms with van der Waals surface area (Å²) >= 11 is 0. The number of carbonyl (C=O) groups excluding carboxylic acids is 1. The van der Waals surface area contributed by atoms with Crippen molar-refractivity contribution in [1.82, 2.24) is 10.6 Å². The number of amides is 1. The molecule has 1 heterocycles. The standard InChI is InChI=1S/C20H28N4O3.HI/c1-3-16-7-5-8-17(13-16)24-19(25)14-23-20(21-4-2)22-10-6-11-27-18-9-12-26-15-18;/h1,5,7-8,13,18H,4,6,9-12,14-15H2,2H3,(H,24,25)(H2,21,22,23);1H. The lowest BCUT2D eigenvalue weighted by Gasteiger charge is -2.13. The maximum atomic E-state index is 12.1. The van der Waals surface area contributed by atoms with Gasteiger partial charge in [0.05, 0.1) is 12.7 Å². The Kier molecular flexibility index (Phi) is 12.3. The Morgan fingerprint density at radius 2 is 2.29 bits per heavy atom. The third-order valence-corrected chi connectivity index (χ3v) is 3.89. The number of terminal acetylenes is 1. The first-order chi connectivity index (χ1) is 13.2. The van der Waals surface area contributed by atoms with Crippen LogP contribution in [0.2, 0.25) is 0 Å². The number of hydrogen-bond donors (Lipinski definition) is 3. The molecule has 0 saturated carbocycles. The highest BCUT2D eigenvalue weighted by Gasteiger charge is 2.15. The number of halogens is 1. The highest BCUT2D eigenvalue weighted by atomic mass is 127. The summed E-state index contributed by atoms with van der Waals surface area (Å²) in [6, 6.07) is 7.16. The zero-order valence-corrected chi connectivity index (χ0v) is 18.5. The molecule has 3 N–H and O–H groups in total. The molecule has 0 aliphatic carbocycles. The fourth-order valence-corrected chi connectivity index (χ4v) is 2.55. The van der Waals surface area contributed by atoms with E-state index < -0.39 is 0 Å². The van der Waals surface area contributed by atoms with E-state index in [1.165, 1.54) is 0 Å². The molecular formula is C20H29IN4O3. The lowest BCUT2D eigenvalue weighted by atomic mass is 10.2. The lowest BCUT2D eigenvalue weighted by Crippen LogP contribution is -2.38. The van der Waals surface area contributed by atoms with Gasteiger partial charge in [0.15, 0.2) is 5.96 Å². The second kappa shape index (κ2) is 14.2. The summed E-state index contributed by atoms with van der Waals surface area (Å²) in [5.41, 5.74) is 1.38. The zero-order chi connectivity index (χ0) is 19.3. The average molecular weight is 500 g/mol. The highest BCUT2D eigenvalue weighted by molar-refractivity contribution is 14.0. The molecule has 0 aromatic heterocycles. The minimum Gasteiger partial charge on any atom is -0.379 e. The van der Waals surface area contributed by atoms with E-state index in [0.717, 1.165) is 25.0 Å². The largest absolute Gasteiger partial charge is 0.379 e. The van der Waals surface area contributed by atoms with Crippen LogP contribution in [-0.4, -0.2) is 57.4 Å². The molecule has 1 aliphatic rings. The fourth-order valence-electron chi connectivity index (χ4n) is 2.55. The van der Waals surface area contributed by atoms with E-state index in [-0.39, 0.29) is 42.5 Å². The number of nitrogens with one attached hydrogen (secondary N) is 3. The lowest BCUT2D eigenvalue weighted by molar-refractivity contribution is -0.114. The molecule has 0 bridgehead atoms. The monoisotopic (exact) mass is 500 g/mol. The first-order valence-corrected chi connectivity index (χ1v) is 9.29. The van der Waals surface area contributed by atoms with Crippen molar-refractivity contribution in [3.8, 4) is 12.3 Å². The maximum Gasteiger partial charge on any atom is 0.246 e. The van der Waals surface area contributed by atoms with Crippen LogP contribution in [0.25, 0.3) is 0 Å². The molecular weight excluding hydrogens is 471 g/mol. The Labute approximate surface area is 184 Å². The second-order valence-electron chi connectivity index (χ2n) is 6.11. The molecule has 1 saturated heterocycles. The fraction of sp³-hybridized carbons (Fsp3) is 0.500. The van der Waals surface area contributed by atoms with Crippen LogP contribution in [-0.2, 0) is 14.3 Å². The molecule has 1 aromatic carbocycles. The molecule has 1 fully saturated rings. The van der Waals surface area contributed by atoms with Crippen LogP contribution in [0.1, 0.15) is 25.3 Å². The quantitative estimate of drug-likeness (QED) is 0.159. The molecule has 8 heteroatoms. The van der Waals surface area contributed by atoms with Crippen LogP contribution in [0, 0.1) is 12.3 Å². The summed E-state index contributed by atoms with van der Waals surface area (Å²) < 4.78 is 11.0. The van der Waals surface area contributed by atoms with Gasteiger partial charge in [0.2, 0.25) is 5.91 Å². The van der Waals surface area contributed by atoms with E-state index in [0.29, 0.717) is 38.0 Å². The maximum absolute atomic E-state index is 12.1. The summed E-state index contributed by atoms with van der Waals surface area (Å²) in [4.78, 5) is 16.4. The van der Waals surface area contributed by atoms with Crippen LogP contribution < -0.4 is 16.0 Å². The van der Waals surface area contributed by atoms with Crippen molar-refractivity contribution < 1.29 is 14.3 Å². The van der Waals surface area contributed by atoms with Crippen LogP contribution in [0.3, 0.4) is 0 Å². The normalized spacial score (nSPS) is 16.0. The van der Waals surface area contributed by atoms with Gasteiger partial charge in [0.1, 0.15) is 6.54 Å². The summed E-state index contributed by atoms with van der Waals surface area (Å²) in [6.45, 7) is 5.58. The molecule has 0 spiro atoms. The van der Waals surface area contributed by atoms with E-state index in [1.807, 2.05) is 13.0 Å². The van der Waals surface area contributed by atoms with Gasteiger partial charge < -0.3 is 25.4 Å². The van der Waals surface area contributed by atoms with Crippen molar-refractivity contribution in [1.29, 1.82) is 0 Å². The zero-order valence-electron chi connectivity index (χ0n) is 16.2. The minimum atomic E-state index is -0.203. The van der Waals surface area contributed by atoms with E-state index in [2.05, 4.69) is 26.9 Å². The van der Waals surface area contributed by atoms with Crippen molar-refractivity contribution in [3.05, 3.63) is 29.8 Å². The van der Waals surface area contributed by atoms with Gasteiger partial charge in [-0.3, -0.25) is 4.79 Å². The van der Waals surface area contributed by atoms with Crippen molar-refractivity contribution >= 4 is 41.5 Å². The topological polar surface area (TPSA) is 84.0 Å². The number of hydrogen-bond acceptors (Lipinski definition) is 4. The number of benzene rings is 1. The molecule has 0 radical (unpaired) electrons. The number of ether oxygens (including phenoxy) is 2. The Balaban J connectivity index is 0.00000392. The molecule has 7 nitrogen and oxygen atoms in total. The van der Waals surface area contributed by atoms with Crippen molar-refractivity contribution in [3.63, 3.8) is 0 Å². The molecule has 2 rings (SSSR count). The Morgan fingerprint density at radius 3 is 3.00 bits per heavy atom. The van der Waals surface area contributed by atoms with Gasteiger partial charge in [-0.2, -0.15) is 0 Å². The van der Waals surface area contributed by atoms with Gasteiger partial charge >= 0.3 is 0 Å². The molecule has 1 atom stereocenters. The summed E-state index contributed by atoms with van der Waals surface area (Å²) in [6.07, 6.45) is 7.42. The number of carbonyl (C=O) groups is 1. The third-order valence-electron chi connectivity index (χ3n) is 3.89. The van der Waals surface area contributed by atoms with Crippen LogP contribution in [0.5, 0.6) is 0 Å². The molecule has 154 valence electrons. The highest BCUT2D eigenvalue weighted by Crippen LogP contribution is 2.09. The molecule has 1 unspecified atom stereocenters. The molecule has 1 aromatic rings. The first kappa shape index (κ1) is 24.2.